The molecule has 1 aromatic carbocycles. The van der Waals surface area contributed by atoms with Gasteiger partial charge in [-0.05, 0) is 38.2 Å². The van der Waals surface area contributed by atoms with Crippen LogP contribution >= 0.6 is 0 Å². The van der Waals surface area contributed by atoms with Gasteiger partial charge in [0.05, 0.1) is 0 Å². The maximum absolute atomic E-state index is 14.3. The molecule has 0 saturated carbocycles. The highest BCUT2D eigenvalue weighted by Gasteiger charge is 2.28. The SMILES string of the molecule is CC(C)NCc1cc(F)c(N2CCC(N(C)C)C2)c(F)c1. The van der Waals surface area contributed by atoms with Crippen molar-refractivity contribution in [1.82, 2.24) is 10.2 Å². The summed E-state index contributed by atoms with van der Waals surface area (Å²) in [5, 5.41) is 3.17. The number of nitrogens with one attached hydrogen (secondary N) is 1. The minimum atomic E-state index is -0.463. The van der Waals surface area contributed by atoms with Crippen molar-refractivity contribution in [3.63, 3.8) is 0 Å². The first-order chi connectivity index (χ1) is 9.88. The molecule has 0 aliphatic carbocycles. The predicted octanol–water partition coefficient (Wildman–Crippen LogP) is 2.60. The molecule has 1 unspecified atom stereocenters. The quantitative estimate of drug-likeness (QED) is 0.901. The molecule has 1 fully saturated rings. The maximum atomic E-state index is 14.3. The monoisotopic (exact) mass is 297 g/mol. The van der Waals surface area contributed by atoms with Crippen molar-refractivity contribution in [2.75, 3.05) is 32.1 Å². The molecule has 1 heterocycles. The molecular formula is C16H25F2N3. The third-order valence-electron chi connectivity index (χ3n) is 4.00. The van der Waals surface area contributed by atoms with Crippen LogP contribution in [0.1, 0.15) is 25.8 Å². The third-order valence-corrected chi connectivity index (χ3v) is 4.00. The molecule has 1 N–H and O–H groups in total. The van der Waals surface area contributed by atoms with Crippen LogP contribution in [-0.2, 0) is 6.54 Å². The van der Waals surface area contributed by atoms with Gasteiger partial charge in [0.25, 0.3) is 0 Å². The molecule has 1 aliphatic rings. The van der Waals surface area contributed by atoms with Crippen LogP contribution in [0.3, 0.4) is 0 Å². The zero-order valence-corrected chi connectivity index (χ0v) is 13.3. The van der Waals surface area contributed by atoms with E-state index in [4.69, 9.17) is 0 Å². The van der Waals surface area contributed by atoms with Gasteiger partial charge in [-0.15, -0.1) is 0 Å². The van der Waals surface area contributed by atoms with Gasteiger partial charge in [-0.25, -0.2) is 8.78 Å². The fourth-order valence-corrected chi connectivity index (χ4v) is 2.71. The number of benzene rings is 1. The number of anilines is 1. The largest absolute Gasteiger partial charge is 0.365 e. The summed E-state index contributed by atoms with van der Waals surface area (Å²) in [6.45, 7) is 5.86. The Morgan fingerprint density at radius 3 is 2.38 bits per heavy atom. The summed E-state index contributed by atoms with van der Waals surface area (Å²) in [5.74, 6) is -0.926. The molecule has 0 amide bonds. The Kier molecular flexibility index (Phi) is 5.17. The lowest BCUT2D eigenvalue weighted by molar-refractivity contribution is 0.315. The Hall–Kier alpha value is -1.20. The molecular weight excluding hydrogens is 272 g/mol. The Balaban J connectivity index is 2.14. The van der Waals surface area contributed by atoms with Crippen LogP contribution in [0.5, 0.6) is 0 Å². The minimum Gasteiger partial charge on any atom is -0.365 e. The van der Waals surface area contributed by atoms with Gasteiger partial charge in [0.1, 0.15) is 17.3 Å². The van der Waals surface area contributed by atoms with E-state index in [-0.39, 0.29) is 11.7 Å². The predicted molar refractivity (Wildman–Crippen MR) is 82.6 cm³/mol. The molecule has 0 radical (unpaired) electrons. The van der Waals surface area contributed by atoms with Gasteiger partial charge >= 0.3 is 0 Å². The molecule has 21 heavy (non-hydrogen) atoms. The van der Waals surface area contributed by atoms with E-state index in [0.29, 0.717) is 31.2 Å². The third kappa shape index (κ3) is 3.92. The van der Waals surface area contributed by atoms with E-state index < -0.39 is 11.6 Å². The van der Waals surface area contributed by atoms with Gasteiger partial charge < -0.3 is 15.1 Å². The van der Waals surface area contributed by atoms with Gasteiger partial charge in [0.2, 0.25) is 0 Å². The van der Waals surface area contributed by atoms with Gasteiger partial charge in [0.15, 0.2) is 0 Å². The molecule has 1 atom stereocenters. The summed E-state index contributed by atoms with van der Waals surface area (Å²) in [6.07, 6.45) is 0.933. The summed E-state index contributed by atoms with van der Waals surface area (Å²) in [7, 11) is 4.00. The Labute approximate surface area is 125 Å². The van der Waals surface area contributed by atoms with Crippen LogP contribution in [-0.4, -0.2) is 44.2 Å². The van der Waals surface area contributed by atoms with Crippen molar-refractivity contribution in [2.24, 2.45) is 0 Å². The smallest absolute Gasteiger partial charge is 0.149 e. The van der Waals surface area contributed by atoms with Crippen molar-refractivity contribution in [3.05, 3.63) is 29.3 Å². The van der Waals surface area contributed by atoms with E-state index in [1.54, 1.807) is 0 Å². The fraction of sp³-hybridized carbons (Fsp3) is 0.625. The summed E-state index contributed by atoms with van der Waals surface area (Å²) < 4.78 is 28.6. The van der Waals surface area contributed by atoms with Crippen molar-refractivity contribution in [2.45, 2.75) is 38.9 Å². The molecule has 0 aromatic heterocycles. The highest BCUT2D eigenvalue weighted by atomic mass is 19.1. The van der Waals surface area contributed by atoms with Crippen LogP contribution < -0.4 is 10.2 Å². The Morgan fingerprint density at radius 1 is 1.29 bits per heavy atom. The molecule has 0 bridgehead atoms. The Morgan fingerprint density at radius 2 is 1.90 bits per heavy atom. The molecule has 1 saturated heterocycles. The lowest BCUT2D eigenvalue weighted by Crippen LogP contribution is -2.32. The van der Waals surface area contributed by atoms with Crippen LogP contribution in [0.25, 0.3) is 0 Å². The Bertz CT molecular complexity index is 465. The standard InChI is InChI=1S/C16H25F2N3/c1-11(2)19-9-12-7-14(17)16(15(18)8-12)21-6-5-13(10-21)20(3)4/h7-8,11,13,19H,5-6,9-10H2,1-4H3. The first kappa shape index (κ1) is 16.2. The zero-order chi connectivity index (χ0) is 15.6. The lowest BCUT2D eigenvalue weighted by Gasteiger charge is -2.23. The van der Waals surface area contributed by atoms with Crippen molar-refractivity contribution in [3.8, 4) is 0 Å². The first-order valence-corrected chi connectivity index (χ1v) is 7.51. The van der Waals surface area contributed by atoms with E-state index in [9.17, 15) is 8.78 Å². The number of rotatable bonds is 5. The molecule has 1 aliphatic heterocycles. The van der Waals surface area contributed by atoms with Crippen molar-refractivity contribution in [1.29, 1.82) is 0 Å². The normalized spacial score (nSPS) is 19.0. The summed E-state index contributed by atoms with van der Waals surface area (Å²) in [6, 6.07) is 3.52. The topological polar surface area (TPSA) is 18.5 Å². The maximum Gasteiger partial charge on any atom is 0.149 e. The number of likely N-dealkylation sites (N-methyl/N-ethyl adjacent to an activating group) is 1. The van der Waals surface area contributed by atoms with Crippen LogP contribution in [0.4, 0.5) is 14.5 Å². The number of hydrogen-bond donors (Lipinski definition) is 1. The summed E-state index contributed by atoms with van der Waals surface area (Å²) >= 11 is 0. The van der Waals surface area contributed by atoms with Crippen LogP contribution in [0.2, 0.25) is 0 Å². The molecule has 5 heteroatoms. The number of halogens is 2. The highest BCUT2D eigenvalue weighted by Crippen LogP contribution is 2.29. The average Bonchev–Trinajstić information content (AvgIpc) is 2.85. The molecule has 3 nitrogen and oxygen atoms in total. The minimum absolute atomic E-state index is 0.118. The van der Waals surface area contributed by atoms with Gasteiger partial charge in [0, 0.05) is 31.7 Å². The summed E-state index contributed by atoms with van der Waals surface area (Å²) in [4.78, 5) is 3.92. The summed E-state index contributed by atoms with van der Waals surface area (Å²) in [5.41, 5.74) is 0.762. The van der Waals surface area contributed by atoms with Gasteiger partial charge in [-0.1, -0.05) is 13.8 Å². The average molecular weight is 297 g/mol. The zero-order valence-electron chi connectivity index (χ0n) is 13.3. The second-order valence-corrected chi connectivity index (χ2v) is 6.30. The molecule has 1 aromatic rings. The van der Waals surface area contributed by atoms with Crippen LogP contribution in [0, 0.1) is 11.6 Å². The molecule has 0 spiro atoms. The second-order valence-electron chi connectivity index (χ2n) is 6.30. The van der Waals surface area contributed by atoms with E-state index in [2.05, 4.69) is 10.2 Å². The molecule has 2 rings (SSSR count). The van der Waals surface area contributed by atoms with Gasteiger partial charge in [-0.3, -0.25) is 0 Å². The number of nitrogens with zero attached hydrogens (tertiary/aromatic N) is 2. The van der Waals surface area contributed by atoms with E-state index in [0.717, 1.165) is 6.42 Å². The fourth-order valence-electron chi connectivity index (χ4n) is 2.71. The van der Waals surface area contributed by atoms with E-state index >= 15 is 0 Å². The second kappa shape index (κ2) is 6.71. The van der Waals surface area contributed by atoms with Crippen LogP contribution in [0.15, 0.2) is 12.1 Å². The van der Waals surface area contributed by atoms with Crippen molar-refractivity contribution >= 4 is 5.69 Å². The molecule has 118 valence electrons. The van der Waals surface area contributed by atoms with Crippen molar-refractivity contribution < 1.29 is 8.78 Å². The van der Waals surface area contributed by atoms with E-state index in [1.165, 1.54) is 12.1 Å². The number of hydrogen-bond acceptors (Lipinski definition) is 3. The van der Waals surface area contributed by atoms with E-state index in [1.807, 2.05) is 32.8 Å². The lowest BCUT2D eigenvalue weighted by atomic mass is 10.1. The highest BCUT2D eigenvalue weighted by molar-refractivity contribution is 5.51. The first-order valence-electron chi connectivity index (χ1n) is 7.51. The van der Waals surface area contributed by atoms with Gasteiger partial charge in [-0.2, -0.15) is 0 Å².